The van der Waals surface area contributed by atoms with Crippen LogP contribution in [0.5, 0.6) is 5.75 Å². The first-order valence-electron chi connectivity index (χ1n) is 12.7. The van der Waals surface area contributed by atoms with Crippen LogP contribution in [0.15, 0.2) is 46.5 Å². The molecule has 9 heteroatoms. The zero-order valence-corrected chi connectivity index (χ0v) is 21.9. The number of nitrogens with two attached hydrogens (primary N) is 1. The highest BCUT2D eigenvalue weighted by Gasteiger charge is 2.51. The molecule has 2 aromatic rings. The number of carbonyl (C=O) groups excluding carboxylic acids is 2. The molecule has 1 saturated carbocycles. The lowest BCUT2D eigenvalue weighted by Crippen LogP contribution is -2.39. The van der Waals surface area contributed by atoms with E-state index < -0.39 is 17.1 Å². The van der Waals surface area contributed by atoms with Gasteiger partial charge < -0.3 is 20.2 Å². The van der Waals surface area contributed by atoms with Gasteiger partial charge in [-0.1, -0.05) is 26.8 Å². The number of aromatic nitrogens is 2. The molecular weight excluding hydrogens is 475 g/mol. The van der Waals surface area contributed by atoms with Crippen molar-refractivity contribution in [3.8, 4) is 5.75 Å². The van der Waals surface area contributed by atoms with Crippen molar-refractivity contribution in [1.82, 2.24) is 15.5 Å². The van der Waals surface area contributed by atoms with Crippen LogP contribution >= 0.6 is 0 Å². The van der Waals surface area contributed by atoms with Crippen LogP contribution in [0.3, 0.4) is 0 Å². The number of hydrogen-bond donors (Lipinski definition) is 2. The molecule has 4 rings (SSSR count). The third kappa shape index (κ3) is 6.09. The molecule has 0 aliphatic heterocycles. The molecule has 1 aromatic heterocycles. The Kier molecular flexibility index (Phi) is 7.52. The lowest BCUT2D eigenvalue weighted by atomic mass is 9.70. The van der Waals surface area contributed by atoms with E-state index in [4.69, 9.17) is 14.9 Å². The van der Waals surface area contributed by atoms with Gasteiger partial charge in [0.25, 0.3) is 5.91 Å². The Bertz CT molecular complexity index is 1230. The monoisotopic (exact) mass is 510 g/mol. The summed E-state index contributed by atoms with van der Waals surface area (Å²) in [6.45, 7) is 8.65. The average molecular weight is 511 g/mol. The van der Waals surface area contributed by atoms with Gasteiger partial charge in [0.1, 0.15) is 11.6 Å². The smallest absolute Gasteiger partial charge is 0.251 e. The topological polar surface area (TPSA) is 120 Å². The van der Waals surface area contributed by atoms with Crippen molar-refractivity contribution in [3.05, 3.63) is 59.1 Å². The fourth-order valence-corrected chi connectivity index (χ4v) is 4.66. The molecule has 2 amide bonds. The normalized spacial score (nSPS) is 20.0. The molecule has 0 radical (unpaired) electrons. The summed E-state index contributed by atoms with van der Waals surface area (Å²) in [4.78, 5) is 25.5. The molecule has 8 nitrogen and oxygen atoms in total. The fourth-order valence-electron chi connectivity index (χ4n) is 4.66. The van der Waals surface area contributed by atoms with Crippen molar-refractivity contribution in [2.24, 2.45) is 22.5 Å². The molecule has 3 N–H and O–H groups in total. The zero-order valence-electron chi connectivity index (χ0n) is 21.9. The first-order valence-corrected chi connectivity index (χ1v) is 12.7. The summed E-state index contributed by atoms with van der Waals surface area (Å²) in [6, 6.07) is 5.16. The molecule has 0 spiro atoms. The Balaban J connectivity index is 1.64. The van der Waals surface area contributed by atoms with Crippen molar-refractivity contribution in [1.29, 1.82) is 0 Å². The first kappa shape index (κ1) is 26.6. The minimum Gasteiger partial charge on any atom is -0.493 e. The Morgan fingerprint density at radius 2 is 2.05 bits per heavy atom. The van der Waals surface area contributed by atoms with Gasteiger partial charge in [-0.05, 0) is 73.3 Å². The number of aryl methyl sites for hydroxylation is 1. The second-order valence-electron chi connectivity index (χ2n) is 11.2. The quantitative estimate of drug-likeness (QED) is 0.444. The van der Waals surface area contributed by atoms with Gasteiger partial charge in [-0.3, -0.25) is 9.59 Å². The summed E-state index contributed by atoms with van der Waals surface area (Å²) in [5.41, 5.74) is 6.90. The Morgan fingerprint density at radius 3 is 2.68 bits per heavy atom. The molecule has 198 valence electrons. The molecule has 1 unspecified atom stereocenters. The summed E-state index contributed by atoms with van der Waals surface area (Å²) in [7, 11) is 0. The van der Waals surface area contributed by atoms with Gasteiger partial charge in [0, 0.05) is 24.1 Å². The minimum absolute atomic E-state index is 0.0278. The summed E-state index contributed by atoms with van der Waals surface area (Å²) < 4.78 is 26.6. The maximum Gasteiger partial charge on any atom is 0.251 e. The van der Waals surface area contributed by atoms with Crippen LogP contribution in [-0.2, 0) is 11.2 Å². The van der Waals surface area contributed by atoms with Crippen LogP contribution in [0.1, 0.15) is 75.2 Å². The number of nitrogens with zero attached hydrogens (tertiary/aromatic N) is 2. The number of halogens is 1. The third-order valence-corrected chi connectivity index (χ3v) is 6.97. The molecule has 0 saturated heterocycles. The van der Waals surface area contributed by atoms with Crippen LogP contribution in [0.25, 0.3) is 5.57 Å². The van der Waals surface area contributed by atoms with Crippen molar-refractivity contribution in [3.63, 3.8) is 0 Å². The van der Waals surface area contributed by atoms with Crippen LogP contribution in [0.4, 0.5) is 4.39 Å². The van der Waals surface area contributed by atoms with E-state index in [2.05, 4.69) is 15.5 Å². The standard InChI is InChI=1S/C28H35FN4O4/c1-17-21(13-28(26(30)35,14-22(17)29)19-8-9-19)20-10-7-18(25(34)31-15-27(2,3)4)12-23(20)36-11-5-6-24-33-32-16-37-24/h7,10,12,14,16,19H,5-6,8-9,11,13,15H2,1-4H3,(H2,30,35)(H,31,34). The van der Waals surface area contributed by atoms with E-state index in [0.717, 1.165) is 12.8 Å². The van der Waals surface area contributed by atoms with Crippen LogP contribution in [0.2, 0.25) is 0 Å². The highest BCUT2D eigenvalue weighted by atomic mass is 19.1. The Labute approximate surface area is 216 Å². The predicted molar refractivity (Wildman–Crippen MR) is 137 cm³/mol. The van der Waals surface area contributed by atoms with Crippen molar-refractivity contribution >= 4 is 17.4 Å². The van der Waals surface area contributed by atoms with E-state index in [1.165, 1.54) is 12.5 Å². The number of amides is 2. The summed E-state index contributed by atoms with van der Waals surface area (Å²) >= 11 is 0. The molecule has 2 aliphatic carbocycles. The summed E-state index contributed by atoms with van der Waals surface area (Å²) in [5, 5.41) is 10.5. The van der Waals surface area contributed by atoms with Gasteiger partial charge in [-0.2, -0.15) is 0 Å². The number of carbonyl (C=O) groups is 2. The van der Waals surface area contributed by atoms with E-state index in [0.29, 0.717) is 66.3 Å². The Morgan fingerprint density at radius 1 is 1.30 bits per heavy atom. The van der Waals surface area contributed by atoms with Crippen molar-refractivity contribution in [2.75, 3.05) is 13.2 Å². The van der Waals surface area contributed by atoms with E-state index in [1.54, 1.807) is 25.1 Å². The van der Waals surface area contributed by atoms with Gasteiger partial charge in [-0.25, -0.2) is 4.39 Å². The highest BCUT2D eigenvalue weighted by molar-refractivity contribution is 5.96. The minimum atomic E-state index is -1.06. The van der Waals surface area contributed by atoms with Crippen LogP contribution in [-0.4, -0.2) is 35.2 Å². The SMILES string of the molecule is CC1=C(c2ccc(C(=O)NCC(C)(C)C)cc2OCCCc2nnco2)CC(C(N)=O)(C2CC2)C=C1F. The number of benzene rings is 1. The van der Waals surface area contributed by atoms with Gasteiger partial charge >= 0.3 is 0 Å². The van der Waals surface area contributed by atoms with Gasteiger partial charge in [0.2, 0.25) is 18.2 Å². The molecule has 2 aliphatic rings. The number of allylic oxidation sites excluding steroid dienone is 3. The number of ether oxygens (including phenoxy) is 1. The molecule has 0 bridgehead atoms. The molecule has 1 aromatic carbocycles. The maximum absolute atomic E-state index is 15.2. The summed E-state index contributed by atoms with van der Waals surface area (Å²) in [6.07, 6.45) is 5.79. The molecule has 1 atom stereocenters. The van der Waals surface area contributed by atoms with E-state index >= 15 is 4.39 Å². The van der Waals surface area contributed by atoms with Crippen molar-refractivity contribution < 1.29 is 23.1 Å². The van der Waals surface area contributed by atoms with E-state index in [1.807, 2.05) is 20.8 Å². The van der Waals surface area contributed by atoms with Crippen LogP contribution in [0, 0.1) is 16.7 Å². The first-order chi connectivity index (χ1) is 17.5. The predicted octanol–water partition coefficient (Wildman–Crippen LogP) is 4.77. The second-order valence-corrected chi connectivity index (χ2v) is 11.2. The highest BCUT2D eigenvalue weighted by Crippen LogP contribution is 2.55. The second kappa shape index (κ2) is 10.5. The van der Waals surface area contributed by atoms with E-state index in [9.17, 15) is 9.59 Å². The van der Waals surface area contributed by atoms with Gasteiger partial charge in [0.05, 0.1) is 12.0 Å². The zero-order chi connectivity index (χ0) is 26.8. The average Bonchev–Trinajstić information content (AvgIpc) is 3.58. The number of primary amides is 1. The number of rotatable bonds is 10. The molecular formula is C28H35FN4O4. The maximum atomic E-state index is 15.2. The Hall–Kier alpha value is -3.49. The van der Waals surface area contributed by atoms with Gasteiger partial charge in [-0.15, -0.1) is 10.2 Å². The third-order valence-electron chi connectivity index (χ3n) is 6.97. The lowest BCUT2D eigenvalue weighted by molar-refractivity contribution is -0.126. The number of nitrogens with one attached hydrogen (secondary N) is 1. The molecule has 1 fully saturated rings. The fraction of sp³-hybridized carbons (Fsp3) is 0.500. The van der Waals surface area contributed by atoms with Gasteiger partial charge in [0.15, 0.2) is 0 Å². The van der Waals surface area contributed by atoms with Crippen molar-refractivity contribution in [2.45, 2.75) is 59.8 Å². The molecule has 37 heavy (non-hydrogen) atoms. The van der Waals surface area contributed by atoms with E-state index in [-0.39, 0.29) is 17.2 Å². The molecule has 1 heterocycles. The number of hydrogen-bond acceptors (Lipinski definition) is 6. The lowest BCUT2D eigenvalue weighted by Gasteiger charge is -2.33. The van der Waals surface area contributed by atoms with Crippen LogP contribution < -0.4 is 15.8 Å². The summed E-state index contributed by atoms with van der Waals surface area (Å²) in [5.74, 6) is -0.196. The largest absolute Gasteiger partial charge is 0.493 e.